The lowest BCUT2D eigenvalue weighted by atomic mass is 10.2. The predicted octanol–water partition coefficient (Wildman–Crippen LogP) is 3.33. The molecule has 0 saturated carbocycles. The summed E-state index contributed by atoms with van der Waals surface area (Å²) in [6.45, 7) is 1.81. The van der Waals surface area contributed by atoms with Crippen LogP contribution < -0.4 is 0 Å². The number of aromatic nitrogens is 1. The maximum absolute atomic E-state index is 13.4. The monoisotopic (exact) mass is 423 g/mol. The van der Waals surface area contributed by atoms with Crippen LogP contribution in [0.4, 0.5) is 0 Å². The minimum Gasteiger partial charge on any atom is -0.459 e. The number of ether oxygens (including phenoxy) is 1. The first kappa shape index (κ1) is 22.4. The van der Waals surface area contributed by atoms with Crippen molar-refractivity contribution < 1.29 is 18.7 Å². The van der Waals surface area contributed by atoms with Crippen LogP contribution in [0.25, 0.3) is 0 Å². The highest BCUT2D eigenvalue weighted by Crippen LogP contribution is 2.13. The molecule has 0 saturated heterocycles. The van der Waals surface area contributed by atoms with Crippen molar-refractivity contribution in [3.8, 4) is 0 Å². The third kappa shape index (κ3) is 6.33. The van der Waals surface area contributed by atoms with Gasteiger partial charge in [-0.1, -0.05) is 30.3 Å². The molecule has 0 bridgehead atoms. The van der Waals surface area contributed by atoms with Crippen LogP contribution in [0.3, 0.4) is 0 Å². The van der Waals surface area contributed by atoms with Gasteiger partial charge in [-0.05, 0) is 36.2 Å². The van der Waals surface area contributed by atoms with E-state index in [1.54, 1.807) is 24.1 Å². The van der Waals surface area contributed by atoms with E-state index >= 15 is 0 Å². The Hall–Kier alpha value is -3.32. The van der Waals surface area contributed by atoms with Crippen molar-refractivity contribution in [3.05, 3.63) is 84.1 Å². The average molecular weight is 424 g/mol. The van der Waals surface area contributed by atoms with Crippen molar-refractivity contribution in [3.63, 3.8) is 0 Å². The lowest BCUT2D eigenvalue weighted by molar-refractivity contribution is -0.133. The molecule has 0 aliphatic rings. The number of amides is 2. The molecule has 3 rings (SSSR count). The van der Waals surface area contributed by atoms with E-state index in [2.05, 4.69) is 0 Å². The van der Waals surface area contributed by atoms with Gasteiger partial charge in [0, 0.05) is 45.7 Å². The summed E-state index contributed by atoms with van der Waals surface area (Å²) in [6, 6.07) is 17.1. The van der Waals surface area contributed by atoms with Gasteiger partial charge in [0.05, 0.1) is 12.8 Å². The molecule has 0 aliphatic heterocycles. The van der Waals surface area contributed by atoms with Gasteiger partial charge in [0.25, 0.3) is 5.91 Å². The third-order valence-electron chi connectivity index (χ3n) is 5.09. The van der Waals surface area contributed by atoms with E-state index in [4.69, 9.17) is 9.15 Å². The molecule has 0 radical (unpaired) electrons. The second-order valence-corrected chi connectivity index (χ2v) is 7.40. The molecule has 0 fully saturated rings. The van der Waals surface area contributed by atoms with Crippen molar-refractivity contribution in [1.29, 1.82) is 0 Å². The molecule has 0 N–H and O–H groups in total. The maximum atomic E-state index is 13.4. The Morgan fingerprint density at radius 2 is 1.81 bits per heavy atom. The second kappa shape index (κ2) is 11.2. The van der Waals surface area contributed by atoms with Crippen LogP contribution in [-0.2, 0) is 29.7 Å². The number of hydrogen-bond acceptors (Lipinski definition) is 4. The van der Waals surface area contributed by atoms with E-state index in [0.29, 0.717) is 32.7 Å². The highest BCUT2D eigenvalue weighted by Gasteiger charge is 2.24. The third-order valence-corrected chi connectivity index (χ3v) is 5.09. The minimum atomic E-state index is -0.298. The van der Waals surface area contributed by atoms with Crippen molar-refractivity contribution >= 4 is 11.8 Å². The van der Waals surface area contributed by atoms with Gasteiger partial charge in [0.15, 0.2) is 5.76 Å². The van der Waals surface area contributed by atoms with Crippen LogP contribution in [0.2, 0.25) is 0 Å². The molecular weight excluding hydrogens is 394 g/mol. The normalized spacial score (nSPS) is 10.8. The number of nitrogens with zero attached hydrogens (tertiary/aromatic N) is 3. The number of hydrogen-bond donors (Lipinski definition) is 0. The van der Waals surface area contributed by atoms with Crippen molar-refractivity contribution in [2.75, 3.05) is 26.8 Å². The Bertz CT molecular complexity index is 950. The van der Waals surface area contributed by atoms with Crippen LogP contribution >= 0.6 is 0 Å². The summed E-state index contributed by atoms with van der Waals surface area (Å²) in [6.07, 6.45) is 4.05. The van der Waals surface area contributed by atoms with Gasteiger partial charge in [0.1, 0.15) is 6.54 Å². The summed E-state index contributed by atoms with van der Waals surface area (Å²) >= 11 is 0. The van der Waals surface area contributed by atoms with Gasteiger partial charge < -0.3 is 23.5 Å². The SMILES string of the molecule is COCCCN(CC(=O)N(Cc1ccccc1)Cc1cccn1C)C(=O)c1ccco1. The number of furan rings is 1. The van der Waals surface area contributed by atoms with E-state index in [-0.39, 0.29) is 24.1 Å². The van der Waals surface area contributed by atoms with Crippen molar-refractivity contribution in [2.24, 2.45) is 7.05 Å². The molecule has 7 nitrogen and oxygen atoms in total. The molecule has 0 aliphatic carbocycles. The van der Waals surface area contributed by atoms with E-state index in [0.717, 1.165) is 11.3 Å². The Labute approximate surface area is 182 Å². The van der Waals surface area contributed by atoms with Crippen LogP contribution in [-0.4, -0.2) is 53.0 Å². The zero-order valence-electron chi connectivity index (χ0n) is 18.1. The molecule has 2 heterocycles. The van der Waals surface area contributed by atoms with Gasteiger partial charge in [-0.3, -0.25) is 9.59 Å². The van der Waals surface area contributed by atoms with Crippen LogP contribution in [0.1, 0.15) is 28.2 Å². The van der Waals surface area contributed by atoms with Crippen LogP contribution in [0.5, 0.6) is 0 Å². The lowest BCUT2D eigenvalue weighted by Crippen LogP contribution is -2.43. The summed E-state index contributed by atoms with van der Waals surface area (Å²) < 4.78 is 12.4. The van der Waals surface area contributed by atoms with Crippen molar-refractivity contribution in [1.82, 2.24) is 14.4 Å². The zero-order valence-corrected chi connectivity index (χ0v) is 18.1. The van der Waals surface area contributed by atoms with E-state index in [1.807, 2.05) is 60.3 Å². The molecule has 164 valence electrons. The molecule has 31 heavy (non-hydrogen) atoms. The summed E-state index contributed by atoms with van der Waals surface area (Å²) in [5, 5.41) is 0. The van der Waals surface area contributed by atoms with Gasteiger partial charge in [-0.15, -0.1) is 0 Å². The second-order valence-electron chi connectivity index (χ2n) is 7.40. The number of carbonyl (C=O) groups excluding carboxylic acids is 2. The molecule has 2 aromatic heterocycles. The Balaban J connectivity index is 1.77. The Morgan fingerprint density at radius 1 is 1.00 bits per heavy atom. The molecule has 0 spiro atoms. The van der Waals surface area contributed by atoms with E-state index < -0.39 is 0 Å². The Morgan fingerprint density at radius 3 is 2.45 bits per heavy atom. The number of aryl methyl sites for hydroxylation is 1. The first-order valence-corrected chi connectivity index (χ1v) is 10.3. The molecule has 0 unspecified atom stereocenters. The molecule has 7 heteroatoms. The largest absolute Gasteiger partial charge is 0.459 e. The first-order chi connectivity index (χ1) is 15.1. The average Bonchev–Trinajstić information content (AvgIpc) is 3.45. The van der Waals surface area contributed by atoms with Gasteiger partial charge in [-0.25, -0.2) is 0 Å². The standard InChI is InChI=1S/C24H29N3O4/c1-25-13-6-11-21(25)18-27(17-20-9-4-3-5-10-20)23(28)19-26(14-8-15-30-2)24(29)22-12-7-16-31-22/h3-7,9-13,16H,8,14-15,17-19H2,1-2H3. The topological polar surface area (TPSA) is 67.9 Å². The fourth-order valence-corrected chi connectivity index (χ4v) is 3.36. The summed E-state index contributed by atoms with van der Waals surface area (Å²) in [5.41, 5.74) is 2.06. The number of benzene rings is 1. The van der Waals surface area contributed by atoms with Gasteiger partial charge >= 0.3 is 0 Å². The number of methoxy groups -OCH3 is 1. The highest BCUT2D eigenvalue weighted by molar-refractivity contribution is 5.94. The summed E-state index contributed by atoms with van der Waals surface area (Å²) in [5.74, 6) is -0.197. The van der Waals surface area contributed by atoms with Crippen molar-refractivity contribution in [2.45, 2.75) is 19.5 Å². The Kier molecular flexibility index (Phi) is 8.06. The van der Waals surface area contributed by atoms with Gasteiger partial charge in [0.2, 0.25) is 5.91 Å². The molecule has 2 amide bonds. The van der Waals surface area contributed by atoms with Gasteiger partial charge in [-0.2, -0.15) is 0 Å². The lowest BCUT2D eigenvalue weighted by Gasteiger charge is -2.27. The number of carbonyl (C=O) groups is 2. The summed E-state index contributed by atoms with van der Waals surface area (Å²) in [7, 11) is 3.57. The maximum Gasteiger partial charge on any atom is 0.290 e. The molecular formula is C24H29N3O4. The quantitative estimate of drug-likeness (QED) is 0.444. The number of rotatable bonds is 11. The van der Waals surface area contributed by atoms with Crippen LogP contribution in [0, 0.1) is 0 Å². The smallest absolute Gasteiger partial charge is 0.290 e. The van der Waals surface area contributed by atoms with E-state index in [9.17, 15) is 9.59 Å². The fourth-order valence-electron chi connectivity index (χ4n) is 3.36. The van der Waals surface area contributed by atoms with E-state index in [1.165, 1.54) is 11.2 Å². The molecule has 0 atom stereocenters. The summed E-state index contributed by atoms with van der Waals surface area (Å²) in [4.78, 5) is 29.6. The zero-order chi connectivity index (χ0) is 22.1. The molecule has 1 aromatic carbocycles. The first-order valence-electron chi connectivity index (χ1n) is 10.3. The predicted molar refractivity (Wildman–Crippen MR) is 117 cm³/mol. The van der Waals surface area contributed by atoms with Crippen LogP contribution in [0.15, 0.2) is 71.5 Å². The molecule has 3 aromatic rings. The highest BCUT2D eigenvalue weighted by atomic mass is 16.5. The fraction of sp³-hybridized carbons (Fsp3) is 0.333. The minimum absolute atomic E-state index is 0.0273.